The van der Waals surface area contributed by atoms with Gasteiger partial charge in [0.2, 0.25) is 0 Å². The van der Waals surface area contributed by atoms with Crippen LogP contribution in [0.3, 0.4) is 0 Å². The molecule has 1 aliphatic heterocycles. The summed E-state index contributed by atoms with van der Waals surface area (Å²) in [5, 5.41) is 3.50. The molecule has 1 aromatic rings. The van der Waals surface area contributed by atoms with Gasteiger partial charge in [0.1, 0.15) is 0 Å². The van der Waals surface area contributed by atoms with Crippen molar-refractivity contribution in [2.24, 2.45) is 11.8 Å². The molecule has 0 unspecified atom stereocenters. The summed E-state index contributed by atoms with van der Waals surface area (Å²) in [4.78, 5) is 2.56. The highest BCUT2D eigenvalue weighted by Crippen LogP contribution is 2.28. The number of rotatable bonds is 6. The zero-order valence-electron chi connectivity index (χ0n) is 14.3. The number of benzene rings is 1. The fourth-order valence-electron chi connectivity index (χ4n) is 3.30. The molecule has 2 heteroatoms. The molecule has 0 aliphatic carbocycles. The lowest BCUT2D eigenvalue weighted by atomic mass is 9.86. The predicted molar refractivity (Wildman–Crippen MR) is 93.0 cm³/mol. The number of piperidine rings is 1. The van der Waals surface area contributed by atoms with Crippen molar-refractivity contribution in [1.82, 2.24) is 5.32 Å². The van der Waals surface area contributed by atoms with Crippen LogP contribution in [0, 0.1) is 18.8 Å². The maximum absolute atomic E-state index is 3.50. The first-order valence-corrected chi connectivity index (χ1v) is 8.67. The van der Waals surface area contributed by atoms with Gasteiger partial charge in [-0.25, -0.2) is 0 Å². The van der Waals surface area contributed by atoms with Gasteiger partial charge in [-0.2, -0.15) is 0 Å². The van der Waals surface area contributed by atoms with Crippen LogP contribution in [0.4, 0.5) is 5.69 Å². The molecule has 0 bridgehead atoms. The van der Waals surface area contributed by atoms with E-state index in [0.29, 0.717) is 0 Å². The lowest BCUT2D eigenvalue weighted by Gasteiger charge is -2.35. The molecule has 0 saturated carbocycles. The molecular formula is C19H32N2. The summed E-state index contributed by atoms with van der Waals surface area (Å²) in [5.41, 5.74) is 4.26. The maximum Gasteiger partial charge on any atom is 0.0369 e. The summed E-state index contributed by atoms with van der Waals surface area (Å²) in [5.74, 6) is 1.75. The third-order valence-corrected chi connectivity index (χ3v) is 4.92. The van der Waals surface area contributed by atoms with E-state index in [1.54, 1.807) is 0 Å². The highest BCUT2D eigenvalue weighted by molar-refractivity contribution is 5.51. The van der Waals surface area contributed by atoms with Crippen LogP contribution in [0.1, 0.15) is 51.2 Å². The van der Waals surface area contributed by atoms with E-state index in [2.05, 4.69) is 56.1 Å². The first-order chi connectivity index (χ1) is 10.1. The second kappa shape index (κ2) is 7.84. The lowest BCUT2D eigenvalue weighted by Crippen LogP contribution is -2.35. The summed E-state index contributed by atoms with van der Waals surface area (Å²) < 4.78 is 0. The van der Waals surface area contributed by atoms with Crippen LogP contribution in [0.2, 0.25) is 0 Å². The molecule has 0 amide bonds. The van der Waals surface area contributed by atoms with Crippen molar-refractivity contribution in [3.8, 4) is 0 Å². The molecule has 1 N–H and O–H groups in total. The van der Waals surface area contributed by atoms with Crippen LogP contribution >= 0.6 is 0 Å². The van der Waals surface area contributed by atoms with Crippen LogP contribution < -0.4 is 10.2 Å². The van der Waals surface area contributed by atoms with Crippen molar-refractivity contribution < 1.29 is 0 Å². The molecule has 2 nitrogen and oxygen atoms in total. The van der Waals surface area contributed by atoms with Crippen LogP contribution in [-0.2, 0) is 6.54 Å². The molecular weight excluding hydrogens is 256 g/mol. The minimum absolute atomic E-state index is 0.834. The topological polar surface area (TPSA) is 15.3 Å². The van der Waals surface area contributed by atoms with E-state index in [9.17, 15) is 0 Å². The second-order valence-corrected chi connectivity index (χ2v) is 6.86. The minimum Gasteiger partial charge on any atom is -0.372 e. The highest BCUT2D eigenvalue weighted by atomic mass is 15.1. The van der Waals surface area contributed by atoms with Crippen molar-refractivity contribution >= 4 is 5.69 Å². The number of hydrogen-bond acceptors (Lipinski definition) is 2. The molecule has 2 rings (SSSR count). The van der Waals surface area contributed by atoms with E-state index in [-0.39, 0.29) is 0 Å². The van der Waals surface area contributed by atoms with Crippen LogP contribution in [0.15, 0.2) is 18.2 Å². The van der Waals surface area contributed by atoms with Gasteiger partial charge >= 0.3 is 0 Å². The zero-order chi connectivity index (χ0) is 15.2. The Morgan fingerprint density at radius 3 is 2.52 bits per heavy atom. The zero-order valence-corrected chi connectivity index (χ0v) is 14.3. The Balaban J connectivity index is 1.94. The Morgan fingerprint density at radius 1 is 1.24 bits per heavy atom. The summed E-state index contributed by atoms with van der Waals surface area (Å²) in [6, 6.07) is 6.99. The van der Waals surface area contributed by atoms with Crippen molar-refractivity contribution in [3.63, 3.8) is 0 Å². The van der Waals surface area contributed by atoms with Gasteiger partial charge in [-0.1, -0.05) is 26.8 Å². The van der Waals surface area contributed by atoms with Gasteiger partial charge in [0, 0.05) is 25.3 Å². The third-order valence-electron chi connectivity index (χ3n) is 4.92. The van der Waals surface area contributed by atoms with Crippen molar-refractivity contribution in [2.45, 2.75) is 53.5 Å². The predicted octanol–water partition coefficient (Wildman–Crippen LogP) is 4.37. The Kier molecular flexibility index (Phi) is 6.10. The Labute approximate surface area is 130 Å². The molecule has 1 aromatic carbocycles. The van der Waals surface area contributed by atoms with Gasteiger partial charge in [-0.3, -0.25) is 0 Å². The smallest absolute Gasteiger partial charge is 0.0369 e. The third kappa shape index (κ3) is 4.47. The summed E-state index contributed by atoms with van der Waals surface area (Å²) in [6.07, 6.45) is 3.88. The Bertz CT molecular complexity index is 431. The molecule has 1 heterocycles. The number of aryl methyl sites for hydroxylation is 1. The number of nitrogens with zero attached hydrogens (tertiary/aromatic N) is 1. The summed E-state index contributed by atoms with van der Waals surface area (Å²) in [6.45, 7) is 13.7. The molecule has 0 atom stereocenters. The average molecular weight is 288 g/mol. The first kappa shape index (κ1) is 16.4. The standard InChI is InChI=1S/C19H32N2/c1-5-10-20-14-18-6-7-19(13-16(18)4)21-11-8-17(9-12-21)15(2)3/h6-7,13,15,17,20H,5,8-12,14H2,1-4H3. The van der Waals surface area contributed by atoms with E-state index in [1.807, 2.05) is 0 Å². The monoisotopic (exact) mass is 288 g/mol. The van der Waals surface area contributed by atoms with Gasteiger partial charge in [-0.15, -0.1) is 0 Å². The first-order valence-electron chi connectivity index (χ1n) is 8.67. The van der Waals surface area contributed by atoms with Gasteiger partial charge < -0.3 is 10.2 Å². The summed E-state index contributed by atoms with van der Waals surface area (Å²) in [7, 11) is 0. The highest BCUT2D eigenvalue weighted by Gasteiger charge is 2.21. The maximum atomic E-state index is 3.50. The van der Waals surface area contributed by atoms with Crippen molar-refractivity contribution in [2.75, 3.05) is 24.5 Å². The van der Waals surface area contributed by atoms with Gasteiger partial charge in [-0.05, 0) is 67.8 Å². The van der Waals surface area contributed by atoms with E-state index < -0.39 is 0 Å². The van der Waals surface area contributed by atoms with E-state index in [1.165, 1.54) is 49.2 Å². The SMILES string of the molecule is CCCNCc1ccc(N2CCC(C(C)C)CC2)cc1C. The number of nitrogens with one attached hydrogen (secondary N) is 1. The molecule has 21 heavy (non-hydrogen) atoms. The molecule has 0 spiro atoms. The molecule has 1 fully saturated rings. The molecule has 1 aliphatic rings. The van der Waals surface area contributed by atoms with Crippen LogP contribution in [0.5, 0.6) is 0 Å². The minimum atomic E-state index is 0.834. The Hall–Kier alpha value is -1.02. The van der Waals surface area contributed by atoms with Gasteiger partial charge in [0.25, 0.3) is 0 Å². The van der Waals surface area contributed by atoms with Crippen LogP contribution in [0.25, 0.3) is 0 Å². The van der Waals surface area contributed by atoms with Crippen LogP contribution in [-0.4, -0.2) is 19.6 Å². The van der Waals surface area contributed by atoms with E-state index >= 15 is 0 Å². The number of anilines is 1. The van der Waals surface area contributed by atoms with E-state index in [0.717, 1.165) is 24.9 Å². The number of hydrogen-bond donors (Lipinski definition) is 1. The summed E-state index contributed by atoms with van der Waals surface area (Å²) >= 11 is 0. The normalized spacial score (nSPS) is 16.7. The molecule has 118 valence electrons. The van der Waals surface area contributed by atoms with Gasteiger partial charge in [0.05, 0.1) is 0 Å². The van der Waals surface area contributed by atoms with Gasteiger partial charge in [0.15, 0.2) is 0 Å². The largest absolute Gasteiger partial charge is 0.372 e. The molecule has 0 radical (unpaired) electrons. The Morgan fingerprint density at radius 2 is 1.95 bits per heavy atom. The van der Waals surface area contributed by atoms with E-state index in [4.69, 9.17) is 0 Å². The molecule has 1 saturated heterocycles. The second-order valence-electron chi connectivity index (χ2n) is 6.86. The average Bonchev–Trinajstić information content (AvgIpc) is 2.49. The lowest BCUT2D eigenvalue weighted by molar-refractivity contribution is 0.311. The van der Waals surface area contributed by atoms with Crippen molar-refractivity contribution in [1.29, 1.82) is 0 Å². The fourth-order valence-corrected chi connectivity index (χ4v) is 3.30. The quantitative estimate of drug-likeness (QED) is 0.782. The molecule has 0 aromatic heterocycles. The van der Waals surface area contributed by atoms with Crippen molar-refractivity contribution in [3.05, 3.63) is 29.3 Å². The fraction of sp³-hybridized carbons (Fsp3) is 0.684.